The van der Waals surface area contributed by atoms with Crippen molar-refractivity contribution in [2.45, 2.75) is 31.3 Å². The summed E-state index contributed by atoms with van der Waals surface area (Å²) in [6, 6.07) is 6.99. The molecule has 0 saturated heterocycles. The molecule has 2 aromatic rings. The van der Waals surface area contributed by atoms with Gasteiger partial charge < -0.3 is 5.32 Å². The van der Waals surface area contributed by atoms with Gasteiger partial charge in [0.2, 0.25) is 10.0 Å². The highest BCUT2D eigenvalue weighted by atomic mass is 32.2. The minimum atomic E-state index is -3.50. The molecule has 7 heteroatoms. The number of hydrogen-bond acceptors (Lipinski definition) is 5. The Balaban J connectivity index is 2.03. The zero-order valence-corrected chi connectivity index (χ0v) is 13.5. The lowest BCUT2D eigenvalue weighted by Crippen LogP contribution is -2.23. The van der Waals surface area contributed by atoms with E-state index in [2.05, 4.69) is 21.9 Å². The van der Waals surface area contributed by atoms with Crippen molar-refractivity contribution in [1.29, 1.82) is 0 Å². The Hall–Kier alpha value is -1.28. The lowest BCUT2D eigenvalue weighted by molar-refractivity contribution is 0.580. The summed E-state index contributed by atoms with van der Waals surface area (Å²) in [7, 11) is -3.50. The average molecular weight is 325 g/mol. The lowest BCUT2D eigenvalue weighted by Gasteiger charge is -2.08. The smallest absolute Gasteiger partial charge is 0.240 e. The number of thiazole rings is 1. The van der Waals surface area contributed by atoms with Crippen LogP contribution in [-0.4, -0.2) is 19.9 Å². The summed E-state index contributed by atoms with van der Waals surface area (Å²) in [4.78, 5) is 4.35. The maximum absolute atomic E-state index is 12.3. The summed E-state index contributed by atoms with van der Waals surface area (Å²) in [6.45, 7) is 3.89. The van der Waals surface area contributed by atoms with Crippen LogP contribution in [0.1, 0.15) is 24.6 Å². The van der Waals surface area contributed by atoms with Crippen LogP contribution in [-0.2, 0) is 23.1 Å². The summed E-state index contributed by atoms with van der Waals surface area (Å²) >= 11 is 1.45. The number of rotatable bonds is 8. The fourth-order valence-corrected chi connectivity index (χ4v) is 3.44. The van der Waals surface area contributed by atoms with Gasteiger partial charge in [-0.15, -0.1) is 11.3 Å². The molecule has 21 heavy (non-hydrogen) atoms. The van der Waals surface area contributed by atoms with E-state index in [1.54, 1.807) is 23.7 Å². The molecular formula is C14H19N3O2S2. The Morgan fingerprint density at radius 2 is 2.14 bits per heavy atom. The predicted octanol–water partition coefficient (Wildman–Crippen LogP) is 2.12. The first kappa shape index (κ1) is 16.1. The number of aromatic nitrogens is 1. The Bertz CT molecular complexity index is 655. The molecule has 1 aromatic heterocycles. The minimum absolute atomic E-state index is 0.212. The van der Waals surface area contributed by atoms with E-state index in [1.165, 1.54) is 11.3 Å². The van der Waals surface area contributed by atoms with E-state index >= 15 is 0 Å². The molecule has 114 valence electrons. The van der Waals surface area contributed by atoms with Crippen LogP contribution in [0, 0.1) is 0 Å². The van der Waals surface area contributed by atoms with Crippen LogP contribution in [0.2, 0.25) is 0 Å². The first-order valence-electron chi connectivity index (χ1n) is 6.78. The number of benzene rings is 1. The molecule has 0 spiro atoms. The van der Waals surface area contributed by atoms with Gasteiger partial charge in [-0.3, -0.25) is 0 Å². The third-order valence-corrected chi connectivity index (χ3v) is 4.93. The Labute approximate surface area is 129 Å². The molecule has 0 bridgehead atoms. The molecule has 0 unspecified atom stereocenters. The van der Waals surface area contributed by atoms with Crippen molar-refractivity contribution in [3.63, 3.8) is 0 Å². The maximum Gasteiger partial charge on any atom is 0.240 e. The van der Waals surface area contributed by atoms with Gasteiger partial charge in [0.15, 0.2) is 0 Å². The second-order valence-corrected chi connectivity index (χ2v) is 7.11. The molecule has 1 heterocycles. The molecule has 0 amide bonds. The predicted molar refractivity (Wildman–Crippen MR) is 84.6 cm³/mol. The quantitative estimate of drug-likeness (QED) is 0.729. The highest BCUT2D eigenvalue weighted by Crippen LogP contribution is 2.12. The van der Waals surface area contributed by atoms with Crippen molar-refractivity contribution in [3.8, 4) is 0 Å². The van der Waals surface area contributed by atoms with Gasteiger partial charge in [0.05, 0.1) is 22.6 Å². The highest BCUT2D eigenvalue weighted by Gasteiger charge is 2.14. The zero-order chi connectivity index (χ0) is 15.1. The molecule has 0 radical (unpaired) electrons. The van der Waals surface area contributed by atoms with Gasteiger partial charge in [0.1, 0.15) is 0 Å². The molecule has 0 atom stereocenters. The normalized spacial score (nSPS) is 11.7. The van der Waals surface area contributed by atoms with E-state index < -0.39 is 10.0 Å². The van der Waals surface area contributed by atoms with Crippen LogP contribution in [0.3, 0.4) is 0 Å². The van der Waals surface area contributed by atoms with Gasteiger partial charge in [-0.05, 0) is 30.7 Å². The summed E-state index contributed by atoms with van der Waals surface area (Å²) in [6.07, 6.45) is 1.05. The number of sulfonamides is 1. The van der Waals surface area contributed by atoms with Crippen LogP contribution in [0.25, 0.3) is 0 Å². The average Bonchev–Trinajstić information content (AvgIpc) is 2.99. The van der Waals surface area contributed by atoms with Crippen LogP contribution < -0.4 is 10.0 Å². The molecule has 0 aliphatic rings. The van der Waals surface area contributed by atoms with Gasteiger partial charge in [0, 0.05) is 11.9 Å². The van der Waals surface area contributed by atoms with Crippen LogP contribution in [0.4, 0.5) is 0 Å². The summed E-state index contributed by atoms with van der Waals surface area (Å²) in [5.74, 6) is 0. The van der Waals surface area contributed by atoms with Crippen molar-refractivity contribution in [2.24, 2.45) is 0 Å². The highest BCUT2D eigenvalue weighted by molar-refractivity contribution is 7.89. The largest absolute Gasteiger partial charge is 0.313 e. The Morgan fingerprint density at radius 1 is 1.29 bits per heavy atom. The van der Waals surface area contributed by atoms with Crippen LogP contribution in [0.5, 0.6) is 0 Å². The second-order valence-electron chi connectivity index (χ2n) is 4.63. The van der Waals surface area contributed by atoms with E-state index in [-0.39, 0.29) is 11.4 Å². The van der Waals surface area contributed by atoms with E-state index in [0.717, 1.165) is 24.2 Å². The third kappa shape index (κ3) is 4.89. The Morgan fingerprint density at radius 3 is 2.86 bits per heavy atom. The van der Waals surface area contributed by atoms with Crippen molar-refractivity contribution >= 4 is 21.4 Å². The first-order chi connectivity index (χ1) is 10.1. The molecule has 0 aliphatic heterocycles. The van der Waals surface area contributed by atoms with E-state index in [4.69, 9.17) is 0 Å². The molecule has 1 aromatic carbocycles. The number of nitrogens with zero attached hydrogens (tertiary/aromatic N) is 1. The SMILES string of the molecule is CCCNCc1cccc(S(=O)(=O)NCc2cscn2)c1. The molecule has 5 nitrogen and oxygen atoms in total. The van der Waals surface area contributed by atoms with E-state index in [1.807, 2.05) is 11.4 Å². The monoisotopic (exact) mass is 325 g/mol. The van der Waals surface area contributed by atoms with E-state index in [0.29, 0.717) is 6.54 Å². The van der Waals surface area contributed by atoms with Crippen LogP contribution >= 0.6 is 11.3 Å². The van der Waals surface area contributed by atoms with Gasteiger partial charge >= 0.3 is 0 Å². The van der Waals surface area contributed by atoms with Crippen molar-refractivity contribution in [2.75, 3.05) is 6.54 Å². The molecule has 0 saturated carbocycles. The molecule has 0 aliphatic carbocycles. The fourth-order valence-electron chi connectivity index (χ4n) is 1.81. The van der Waals surface area contributed by atoms with Crippen molar-refractivity contribution in [3.05, 3.63) is 46.4 Å². The molecule has 2 N–H and O–H groups in total. The first-order valence-corrected chi connectivity index (χ1v) is 9.21. The van der Waals surface area contributed by atoms with E-state index in [9.17, 15) is 8.42 Å². The summed E-state index contributed by atoms with van der Waals surface area (Å²) < 4.78 is 27.1. The van der Waals surface area contributed by atoms with Gasteiger partial charge in [-0.1, -0.05) is 19.1 Å². The summed E-state index contributed by atoms with van der Waals surface area (Å²) in [5.41, 5.74) is 3.37. The number of nitrogens with one attached hydrogen (secondary N) is 2. The third-order valence-electron chi connectivity index (χ3n) is 2.89. The van der Waals surface area contributed by atoms with Gasteiger partial charge in [0.25, 0.3) is 0 Å². The fraction of sp³-hybridized carbons (Fsp3) is 0.357. The maximum atomic E-state index is 12.3. The standard InChI is InChI=1S/C14H19N3O2S2/c1-2-6-15-8-12-4-3-5-14(7-12)21(18,19)17-9-13-10-20-11-16-13/h3-5,7,10-11,15,17H,2,6,8-9H2,1H3. The summed E-state index contributed by atoms with van der Waals surface area (Å²) in [5, 5.41) is 5.09. The zero-order valence-electron chi connectivity index (χ0n) is 11.9. The Kier molecular flexibility index (Phi) is 5.86. The van der Waals surface area contributed by atoms with Crippen molar-refractivity contribution in [1.82, 2.24) is 15.0 Å². The van der Waals surface area contributed by atoms with Crippen LogP contribution in [0.15, 0.2) is 40.1 Å². The van der Waals surface area contributed by atoms with Crippen molar-refractivity contribution < 1.29 is 8.42 Å². The van der Waals surface area contributed by atoms with Gasteiger partial charge in [-0.25, -0.2) is 18.1 Å². The van der Waals surface area contributed by atoms with Gasteiger partial charge in [-0.2, -0.15) is 0 Å². The molecule has 0 fully saturated rings. The molecule has 2 rings (SSSR count). The molecular weight excluding hydrogens is 306 g/mol. The minimum Gasteiger partial charge on any atom is -0.313 e. The lowest BCUT2D eigenvalue weighted by atomic mass is 10.2. The topological polar surface area (TPSA) is 71.1 Å². The number of hydrogen-bond donors (Lipinski definition) is 2. The second kappa shape index (κ2) is 7.65.